The monoisotopic (exact) mass is 211 g/mol. The van der Waals surface area contributed by atoms with Crippen molar-refractivity contribution in [2.75, 3.05) is 6.61 Å². The predicted octanol–water partition coefficient (Wildman–Crippen LogP) is 2.34. The molecule has 2 atom stereocenters. The first-order valence-corrected chi connectivity index (χ1v) is 5.53. The molecule has 15 heavy (non-hydrogen) atoms. The number of aliphatic hydroxyl groups is 1. The third-order valence-electron chi connectivity index (χ3n) is 2.38. The molecule has 3 heteroatoms. The molecule has 1 heterocycles. The molecule has 0 aliphatic heterocycles. The Morgan fingerprint density at radius 1 is 1.40 bits per heavy atom. The third-order valence-corrected chi connectivity index (χ3v) is 2.38. The topological polar surface area (TPSA) is 45.4 Å². The van der Waals surface area contributed by atoms with E-state index in [9.17, 15) is 5.11 Å². The summed E-state index contributed by atoms with van der Waals surface area (Å²) in [6.07, 6.45) is 2.73. The highest BCUT2D eigenvalue weighted by molar-refractivity contribution is 5.04. The minimum absolute atomic E-state index is 0.0654. The molecular formula is C12H21NO2. The van der Waals surface area contributed by atoms with Crippen LogP contribution in [0.4, 0.5) is 0 Å². The third kappa shape index (κ3) is 4.06. The van der Waals surface area contributed by atoms with Gasteiger partial charge in [-0.25, -0.2) is 0 Å². The van der Waals surface area contributed by atoms with Crippen LogP contribution in [0.3, 0.4) is 0 Å². The average molecular weight is 211 g/mol. The molecule has 2 N–H and O–H groups in total. The van der Waals surface area contributed by atoms with Crippen molar-refractivity contribution in [3.63, 3.8) is 0 Å². The van der Waals surface area contributed by atoms with Crippen LogP contribution in [0.2, 0.25) is 0 Å². The molecule has 86 valence electrons. The number of furan rings is 1. The number of aliphatic hydroxyl groups excluding tert-OH is 1. The number of rotatable bonds is 6. The largest absolute Gasteiger partial charge is 0.468 e. The molecule has 0 aliphatic rings. The van der Waals surface area contributed by atoms with Gasteiger partial charge in [0, 0.05) is 6.04 Å². The zero-order valence-corrected chi connectivity index (χ0v) is 9.73. The van der Waals surface area contributed by atoms with E-state index < -0.39 is 0 Å². The first-order chi connectivity index (χ1) is 7.13. The Labute approximate surface area is 91.5 Å². The second kappa shape index (κ2) is 5.93. The van der Waals surface area contributed by atoms with Gasteiger partial charge in [-0.15, -0.1) is 0 Å². The maximum atomic E-state index is 9.26. The van der Waals surface area contributed by atoms with Crippen molar-refractivity contribution in [2.24, 2.45) is 5.92 Å². The van der Waals surface area contributed by atoms with Crippen molar-refractivity contribution in [1.82, 2.24) is 5.32 Å². The van der Waals surface area contributed by atoms with E-state index in [4.69, 9.17) is 4.42 Å². The van der Waals surface area contributed by atoms with E-state index in [2.05, 4.69) is 26.1 Å². The van der Waals surface area contributed by atoms with Gasteiger partial charge >= 0.3 is 0 Å². The zero-order valence-electron chi connectivity index (χ0n) is 9.73. The molecule has 3 nitrogen and oxygen atoms in total. The molecular weight excluding hydrogens is 190 g/mol. The van der Waals surface area contributed by atoms with Gasteiger partial charge in [-0.2, -0.15) is 0 Å². The van der Waals surface area contributed by atoms with Crippen molar-refractivity contribution in [3.8, 4) is 0 Å². The van der Waals surface area contributed by atoms with Crippen LogP contribution >= 0.6 is 0 Å². The Bertz CT molecular complexity index is 257. The van der Waals surface area contributed by atoms with Crippen LogP contribution < -0.4 is 5.32 Å². The molecule has 1 aromatic rings. The summed E-state index contributed by atoms with van der Waals surface area (Å²) < 4.78 is 5.27. The Hall–Kier alpha value is -0.800. The highest BCUT2D eigenvalue weighted by atomic mass is 16.3. The van der Waals surface area contributed by atoms with Crippen molar-refractivity contribution in [3.05, 3.63) is 24.2 Å². The van der Waals surface area contributed by atoms with Gasteiger partial charge in [-0.3, -0.25) is 0 Å². The zero-order chi connectivity index (χ0) is 11.3. The van der Waals surface area contributed by atoms with E-state index in [1.165, 1.54) is 0 Å². The van der Waals surface area contributed by atoms with Gasteiger partial charge in [-0.05, 0) is 31.4 Å². The molecule has 0 amide bonds. The van der Waals surface area contributed by atoms with Crippen molar-refractivity contribution >= 4 is 0 Å². The quantitative estimate of drug-likeness (QED) is 0.759. The van der Waals surface area contributed by atoms with Crippen LogP contribution in [0.1, 0.15) is 39.0 Å². The molecule has 1 aromatic heterocycles. The molecule has 0 saturated carbocycles. The Morgan fingerprint density at radius 2 is 2.13 bits per heavy atom. The normalized spacial score (nSPS) is 15.5. The van der Waals surface area contributed by atoms with Crippen LogP contribution in [0.15, 0.2) is 22.8 Å². The first kappa shape index (κ1) is 12.3. The standard InChI is InChI=1S/C12H21NO2/c1-9(2)7-10(3)13-11(8-14)12-5-4-6-15-12/h4-6,9-11,13-14H,7-8H2,1-3H3. The van der Waals surface area contributed by atoms with E-state index in [0.717, 1.165) is 12.2 Å². The predicted molar refractivity (Wildman–Crippen MR) is 60.6 cm³/mol. The van der Waals surface area contributed by atoms with E-state index >= 15 is 0 Å². The maximum Gasteiger partial charge on any atom is 0.123 e. The SMILES string of the molecule is CC(C)CC(C)NC(CO)c1ccco1. The highest BCUT2D eigenvalue weighted by Gasteiger charge is 2.16. The van der Waals surface area contributed by atoms with E-state index in [0.29, 0.717) is 12.0 Å². The second-order valence-corrected chi connectivity index (χ2v) is 4.45. The summed E-state index contributed by atoms with van der Waals surface area (Å²) >= 11 is 0. The fourth-order valence-electron chi connectivity index (χ4n) is 1.83. The van der Waals surface area contributed by atoms with Gasteiger partial charge in [0.25, 0.3) is 0 Å². The molecule has 0 spiro atoms. The fraction of sp³-hybridized carbons (Fsp3) is 0.667. The lowest BCUT2D eigenvalue weighted by Crippen LogP contribution is -2.33. The molecule has 2 unspecified atom stereocenters. The molecule has 0 bridgehead atoms. The van der Waals surface area contributed by atoms with Crippen LogP contribution in [-0.2, 0) is 0 Å². The van der Waals surface area contributed by atoms with Gasteiger partial charge in [0.2, 0.25) is 0 Å². The average Bonchev–Trinajstić information content (AvgIpc) is 2.65. The van der Waals surface area contributed by atoms with Gasteiger partial charge < -0.3 is 14.8 Å². The van der Waals surface area contributed by atoms with Gasteiger partial charge in [-0.1, -0.05) is 13.8 Å². The summed E-state index contributed by atoms with van der Waals surface area (Å²) in [7, 11) is 0. The minimum Gasteiger partial charge on any atom is -0.468 e. The van der Waals surface area contributed by atoms with Crippen molar-refractivity contribution in [2.45, 2.75) is 39.3 Å². The summed E-state index contributed by atoms with van der Waals surface area (Å²) in [5.74, 6) is 1.46. The minimum atomic E-state index is -0.0891. The molecule has 0 fully saturated rings. The Kier molecular flexibility index (Phi) is 4.85. The molecule has 1 rings (SSSR count). The van der Waals surface area contributed by atoms with Crippen LogP contribution in [0, 0.1) is 5.92 Å². The summed E-state index contributed by atoms with van der Waals surface area (Å²) in [4.78, 5) is 0. The van der Waals surface area contributed by atoms with Crippen molar-refractivity contribution < 1.29 is 9.52 Å². The molecule has 0 saturated heterocycles. The van der Waals surface area contributed by atoms with E-state index in [1.54, 1.807) is 6.26 Å². The smallest absolute Gasteiger partial charge is 0.123 e. The summed E-state index contributed by atoms with van der Waals surface area (Å²) in [5, 5.41) is 12.6. The number of nitrogens with one attached hydrogen (secondary N) is 1. The van der Waals surface area contributed by atoms with Crippen LogP contribution in [-0.4, -0.2) is 17.8 Å². The van der Waals surface area contributed by atoms with Gasteiger partial charge in [0.15, 0.2) is 0 Å². The van der Waals surface area contributed by atoms with Crippen molar-refractivity contribution in [1.29, 1.82) is 0 Å². The molecule has 0 aliphatic carbocycles. The summed E-state index contributed by atoms with van der Waals surface area (Å²) in [6, 6.07) is 4.02. The summed E-state index contributed by atoms with van der Waals surface area (Å²) in [6.45, 7) is 6.58. The number of hydrogen-bond acceptors (Lipinski definition) is 3. The lowest BCUT2D eigenvalue weighted by molar-refractivity contribution is 0.212. The molecule has 0 aromatic carbocycles. The lowest BCUT2D eigenvalue weighted by atomic mass is 10.0. The highest BCUT2D eigenvalue weighted by Crippen LogP contribution is 2.15. The lowest BCUT2D eigenvalue weighted by Gasteiger charge is -2.21. The maximum absolute atomic E-state index is 9.26. The van der Waals surface area contributed by atoms with Gasteiger partial charge in [0.1, 0.15) is 5.76 Å². The number of hydrogen-bond donors (Lipinski definition) is 2. The van der Waals surface area contributed by atoms with E-state index in [1.807, 2.05) is 12.1 Å². The Balaban J connectivity index is 2.47. The summed E-state index contributed by atoms with van der Waals surface area (Å²) in [5.41, 5.74) is 0. The first-order valence-electron chi connectivity index (χ1n) is 5.53. The van der Waals surface area contributed by atoms with Gasteiger partial charge in [0.05, 0.1) is 18.9 Å². The van der Waals surface area contributed by atoms with E-state index in [-0.39, 0.29) is 12.6 Å². The fourth-order valence-corrected chi connectivity index (χ4v) is 1.83. The van der Waals surface area contributed by atoms with Crippen LogP contribution in [0.5, 0.6) is 0 Å². The van der Waals surface area contributed by atoms with Crippen LogP contribution in [0.25, 0.3) is 0 Å². The Morgan fingerprint density at radius 3 is 2.60 bits per heavy atom. The molecule has 0 radical (unpaired) electrons. The second-order valence-electron chi connectivity index (χ2n) is 4.45.